The van der Waals surface area contributed by atoms with Gasteiger partial charge in [-0.15, -0.1) is 0 Å². The standard InChI is InChI=1S/C27H27O2Si.C2H4.2ClH.Zr/c1-30(2,3)29-16-15-28-26-18-20-10-5-7-12-22(20)27(26)24-14-8-13-23-21-11-6-4-9-19(21)17-25(23)24;1-2;;;/h4-14,17-18,27H,15-16H2,1-3H3;1H,2H3;2*1H;/q;;;;+2/p-2. The summed E-state index contributed by atoms with van der Waals surface area (Å²) in [5.74, 6) is 1.21. The minimum absolute atomic E-state index is 0. The summed E-state index contributed by atoms with van der Waals surface area (Å²) in [6.07, 6.45) is 2.25. The molecule has 0 fully saturated rings. The quantitative estimate of drug-likeness (QED) is 0.298. The van der Waals surface area contributed by atoms with Crippen LogP contribution in [0, 0.1) is 0 Å². The zero-order chi connectivity index (χ0) is 23.0. The van der Waals surface area contributed by atoms with Gasteiger partial charge >= 0.3 is 211 Å². The van der Waals surface area contributed by atoms with E-state index in [-0.39, 0.29) is 30.7 Å². The van der Waals surface area contributed by atoms with Gasteiger partial charge in [-0.1, -0.05) is 0 Å². The van der Waals surface area contributed by atoms with Crippen molar-refractivity contribution in [2.75, 3.05) is 13.2 Å². The third-order valence-electron chi connectivity index (χ3n) is 6.41. The second-order valence-electron chi connectivity index (χ2n) is 9.70. The van der Waals surface area contributed by atoms with Crippen molar-refractivity contribution in [2.45, 2.75) is 36.1 Å². The average molecular weight is 602 g/mol. The number of fused-ring (bicyclic) bond motifs is 4. The Hall–Kier alpha value is -1.29. The van der Waals surface area contributed by atoms with Gasteiger partial charge in [0, 0.05) is 0 Å². The van der Waals surface area contributed by atoms with E-state index in [0.29, 0.717) is 16.8 Å². The molecule has 35 heavy (non-hydrogen) atoms. The summed E-state index contributed by atoms with van der Waals surface area (Å²) < 4.78 is 15.5. The zero-order valence-corrected chi connectivity index (χ0v) is 25.6. The largest absolute Gasteiger partial charge is 1.00 e. The first-order valence-corrected chi connectivity index (χ1v) is 18.1. The van der Waals surface area contributed by atoms with Crippen LogP contribution in [0.3, 0.4) is 0 Å². The monoisotopic (exact) mass is 599 g/mol. The minimum Gasteiger partial charge on any atom is -1.00 e. The molecule has 0 aliphatic heterocycles. The summed E-state index contributed by atoms with van der Waals surface area (Å²) in [4.78, 5) is 0. The Morgan fingerprint density at radius 1 is 0.800 bits per heavy atom. The number of rotatable bonds is 7. The molecule has 3 aromatic carbocycles. The van der Waals surface area contributed by atoms with Gasteiger partial charge < -0.3 is 24.8 Å². The predicted octanol–water partition coefficient (Wildman–Crippen LogP) is 1.02. The smallest absolute Gasteiger partial charge is 1.00 e. The fraction of sp³-hybridized carbons (Fsp3) is 0.276. The van der Waals surface area contributed by atoms with Crippen molar-refractivity contribution in [2.24, 2.45) is 0 Å². The van der Waals surface area contributed by atoms with Crippen LogP contribution in [0.2, 0.25) is 19.6 Å². The Bertz CT molecular complexity index is 1250. The Morgan fingerprint density at radius 3 is 2.20 bits per heavy atom. The van der Waals surface area contributed by atoms with Crippen molar-refractivity contribution >= 4 is 18.1 Å². The van der Waals surface area contributed by atoms with Crippen LogP contribution in [0.15, 0.2) is 72.5 Å². The molecular formula is C29H31Cl2O2SiZr. The van der Waals surface area contributed by atoms with E-state index >= 15 is 0 Å². The molecule has 0 saturated heterocycles. The third-order valence-corrected chi connectivity index (χ3v) is 10.6. The van der Waals surface area contributed by atoms with Gasteiger partial charge in [0.05, 0.1) is 0 Å². The number of allylic oxidation sites excluding steroid dienone is 1. The summed E-state index contributed by atoms with van der Waals surface area (Å²) in [6, 6.07) is 24.7. The Labute approximate surface area is 234 Å². The van der Waals surface area contributed by atoms with Gasteiger partial charge in [-0.2, -0.15) is 0 Å². The molecule has 0 amide bonds. The molecule has 2 unspecified atom stereocenters. The van der Waals surface area contributed by atoms with Gasteiger partial charge in [-0.3, -0.25) is 0 Å². The van der Waals surface area contributed by atoms with E-state index in [1.807, 2.05) is 0 Å². The summed E-state index contributed by atoms with van der Waals surface area (Å²) in [6.45, 7) is 10.2. The van der Waals surface area contributed by atoms with Crippen molar-refractivity contribution in [1.29, 1.82) is 0 Å². The number of halogens is 2. The molecule has 0 spiro atoms. The predicted molar refractivity (Wildman–Crippen MR) is 137 cm³/mol. The summed E-state index contributed by atoms with van der Waals surface area (Å²) in [5.41, 5.74) is 9.94. The molecule has 3 aromatic rings. The number of benzene rings is 3. The minimum atomic E-state index is -1.54. The molecule has 0 saturated carbocycles. The van der Waals surface area contributed by atoms with Crippen LogP contribution in [0.25, 0.3) is 17.2 Å². The Kier molecular flexibility index (Phi) is 9.57. The second-order valence-corrected chi connectivity index (χ2v) is 17.9. The normalized spacial score (nSPS) is 17.4. The number of hydrogen-bond donors (Lipinski definition) is 0. The maximum Gasteiger partial charge on any atom is -1.00 e. The Morgan fingerprint density at radius 2 is 1.46 bits per heavy atom. The molecule has 0 bridgehead atoms. The van der Waals surface area contributed by atoms with Crippen molar-refractivity contribution in [3.05, 3.63) is 100 Å². The first kappa shape index (κ1) is 28.3. The fourth-order valence-electron chi connectivity index (χ4n) is 5.13. The first-order chi connectivity index (χ1) is 16.0. The van der Waals surface area contributed by atoms with Crippen LogP contribution < -0.4 is 24.8 Å². The molecule has 5 rings (SSSR count). The molecule has 2 nitrogen and oxygen atoms in total. The summed E-state index contributed by atoms with van der Waals surface area (Å²) in [7, 11) is -1.54. The molecule has 0 N–H and O–H groups in total. The van der Waals surface area contributed by atoms with Gasteiger partial charge in [0.15, 0.2) is 0 Å². The van der Waals surface area contributed by atoms with Crippen molar-refractivity contribution in [1.82, 2.24) is 0 Å². The van der Waals surface area contributed by atoms with Crippen LogP contribution in [-0.2, 0) is 31.9 Å². The Balaban J connectivity index is 0.00000171. The van der Waals surface area contributed by atoms with Crippen LogP contribution >= 0.6 is 0 Å². The molecular weight excluding hydrogens is 571 g/mol. The first-order valence-electron chi connectivity index (χ1n) is 11.8. The molecule has 0 heterocycles. The summed E-state index contributed by atoms with van der Waals surface area (Å²) in [5, 5.41) is 0. The number of hydrogen-bond acceptors (Lipinski definition) is 2. The van der Waals surface area contributed by atoms with Crippen LogP contribution in [0.5, 0.6) is 0 Å². The molecule has 6 heteroatoms. The molecule has 2 atom stereocenters. The average Bonchev–Trinajstić information content (AvgIpc) is 3.32. The van der Waals surface area contributed by atoms with Gasteiger partial charge in [0.2, 0.25) is 0 Å². The van der Waals surface area contributed by atoms with Crippen molar-refractivity contribution in [3.63, 3.8) is 0 Å². The van der Waals surface area contributed by atoms with Crippen molar-refractivity contribution < 1.29 is 56.7 Å². The summed E-state index contributed by atoms with van der Waals surface area (Å²) >= 11 is -0.718. The van der Waals surface area contributed by atoms with Gasteiger partial charge in [-0.25, -0.2) is 0 Å². The van der Waals surface area contributed by atoms with Crippen molar-refractivity contribution in [3.8, 4) is 11.1 Å². The van der Waals surface area contributed by atoms with E-state index in [1.54, 1.807) is 0 Å². The zero-order valence-electron chi connectivity index (χ0n) is 20.6. The van der Waals surface area contributed by atoms with E-state index in [0.717, 1.165) is 5.76 Å². The topological polar surface area (TPSA) is 18.5 Å². The van der Waals surface area contributed by atoms with Crippen LogP contribution in [-0.4, -0.2) is 25.2 Å². The maximum atomic E-state index is 6.44. The van der Waals surface area contributed by atoms with E-state index in [9.17, 15) is 0 Å². The van der Waals surface area contributed by atoms with Crippen LogP contribution in [0.4, 0.5) is 0 Å². The molecule has 181 valence electrons. The molecule has 0 aromatic heterocycles. The van der Waals surface area contributed by atoms with E-state index in [4.69, 9.17) is 9.16 Å². The molecule has 2 aliphatic rings. The van der Waals surface area contributed by atoms with E-state index in [2.05, 4.69) is 103 Å². The second kappa shape index (κ2) is 11.8. The SMILES string of the molecule is C[CH]=[Zr+2][CH]1c2ccccc2-c2cccc(C3C(OCCO[Si](C)(C)C)=Cc4ccccc43)c21.[Cl-].[Cl-]. The molecule has 2 aliphatic carbocycles. The third kappa shape index (κ3) is 5.68. The van der Waals surface area contributed by atoms with Gasteiger partial charge in [-0.05, 0) is 0 Å². The maximum absolute atomic E-state index is 6.44. The van der Waals surface area contributed by atoms with Gasteiger partial charge in [0.1, 0.15) is 0 Å². The number of ether oxygens (including phenoxy) is 1. The fourth-order valence-corrected chi connectivity index (χ4v) is 8.91. The van der Waals surface area contributed by atoms with Crippen LogP contribution in [0.1, 0.15) is 44.3 Å². The van der Waals surface area contributed by atoms with Gasteiger partial charge in [0.25, 0.3) is 0 Å². The van der Waals surface area contributed by atoms with E-state index < -0.39 is 31.1 Å². The molecule has 0 radical (unpaired) electrons. The van der Waals surface area contributed by atoms with E-state index in [1.165, 1.54) is 38.9 Å².